The van der Waals surface area contributed by atoms with Crippen LogP contribution in [0.15, 0.2) is 81.8 Å². The van der Waals surface area contributed by atoms with Crippen molar-refractivity contribution in [2.24, 2.45) is 0 Å². The standard InChI is InChI=1S/C24H26N4O3.C21H20N2O4/c1-15-2-3-17(24(30)26-18-5-6-18)12-20(15)16-4-7-19-21(27-31-22(19)13-16)14-23(29)28-10-8-25-9-11-28;1-12-3-4-14(21(25)22-15-6-7-15)9-17(12)13-5-8-16-18(11-20(24)26-2)23-27-19(16)10-13/h2-4,7,12-13,18,25H,5-6,8-11,14H2,1H3,(H,26,30);3-5,8-10,15H,6-7,11H2,1-2H3,(H,22,25). The summed E-state index contributed by atoms with van der Waals surface area (Å²) in [4.78, 5) is 50.8. The van der Waals surface area contributed by atoms with Crippen LogP contribution in [0.5, 0.6) is 0 Å². The zero-order valence-electron chi connectivity index (χ0n) is 32.9. The molecule has 298 valence electrons. The van der Waals surface area contributed by atoms with E-state index in [0.29, 0.717) is 45.8 Å². The number of piperazine rings is 1. The van der Waals surface area contributed by atoms with Gasteiger partial charge in [0.25, 0.3) is 11.8 Å². The predicted octanol–water partition coefficient (Wildman–Crippen LogP) is 6.08. The number of aryl methyl sites for hydroxylation is 2. The molecular weight excluding hydrogens is 737 g/mol. The number of amides is 3. The van der Waals surface area contributed by atoms with Crippen molar-refractivity contribution in [3.05, 3.63) is 106 Å². The van der Waals surface area contributed by atoms with Crippen molar-refractivity contribution in [1.82, 2.24) is 31.2 Å². The number of carbonyl (C=O) groups is 4. The molecule has 0 atom stereocenters. The molecule has 1 aliphatic heterocycles. The van der Waals surface area contributed by atoms with Crippen LogP contribution in [0.2, 0.25) is 0 Å². The molecule has 4 aromatic carbocycles. The number of methoxy groups -OCH3 is 1. The molecule has 9 rings (SSSR count). The van der Waals surface area contributed by atoms with Gasteiger partial charge in [0.2, 0.25) is 5.91 Å². The number of rotatable bonds is 10. The lowest BCUT2D eigenvalue weighted by Crippen LogP contribution is -2.47. The fourth-order valence-electron chi connectivity index (χ4n) is 7.09. The van der Waals surface area contributed by atoms with Crippen LogP contribution < -0.4 is 16.0 Å². The first kappa shape index (κ1) is 38.5. The molecule has 2 aliphatic carbocycles. The predicted molar refractivity (Wildman–Crippen MR) is 218 cm³/mol. The van der Waals surface area contributed by atoms with Crippen molar-refractivity contribution >= 4 is 45.6 Å². The highest BCUT2D eigenvalue weighted by molar-refractivity contribution is 5.98. The van der Waals surface area contributed by atoms with Gasteiger partial charge in [-0.3, -0.25) is 19.2 Å². The third-order valence-electron chi connectivity index (χ3n) is 10.9. The van der Waals surface area contributed by atoms with E-state index in [-0.39, 0.29) is 36.5 Å². The van der Waals surface area contributed by atoms with Gasteiger partial charge in [-0.1, -0.05) is 34.6 Å². The van der Waals surface area contributed by atoms with Gasteiger partial charge in [-0.25, -0.2) is 0 Å². The summed E-state index contributed by atoms with van der Waals surface area (Å²) in [5, 5.41) is 19.1. The average molecular weight is 783 g/mol. The van der Waals surface area contributed by atoms with Crippen LogP contribution in [0.25, 0.3) is 44.2 Å². The minimum Gasteiger partial charge on any atom is -0.469 e. The highest BCUT2D eigenvalue weighted by Gasteiger charge is 2.26. The smallest absolute Gasteiger partial charge is 0.311 e. The number of hydrogen-bond donors (Lipinski definition) is 3. The zero-order valence-corrected chi connectivity index (χ0v) is 32.9. The maximum absolute atomic E-state index is 12.6. The molecule has 3 N–H and O–H groups in total. The summed E-state index contributed by atoms with van der Waals surface area (Å²) in [6, 6.07) is 23.7. The molecule has 3 heterocycles. The summed E-state index contributed by atoms with van der Waals surface area (Å²) in [6.45, 7) is 7.13. The van der Waals surface area contributed by atoms with Crippen LogP contribution >= 0.6 is 0 Å². The highest BCUT2D eigenvalue weighted by Crippen LogP contribution is 2.32. The number of benzene rings is 4. The van der Waals surface area contributed by atoms with Crippen molar-refractivity contribution < 1.29 is 33.0 Å². The van der Waals surface area contributed by atoms with Crippen molar-refractivity contribution in [3.8, 4) is 22.3 Å². The van der Waals surface area contributed by atoms with Gasteiger partial charge in [0.15, 0.2) is 11.2 Å². The summed E-state index contributed by atoms with van der Waals surface area (Å²) in [5.41, 5.74) is 9.75. The molecule has 0 bridgehead atoms. The molecule has 1 saturated heterocycles. The lowest BCUT2D eigenvalue weighted by atomic mass is 9.96. The second kappa shape index (κ2) is 16.6. The summed E-state index contributed by atoms with van der Waals surface area (Å²) >= 11 is 0. The number of fused-ring (bicyclic) bond motifs is 2. The number of nitrogens with zero attached hydrogens (tertiary/aromatic N) is 3. The molecule has 3 aliphatic rings. The molecule has 0 spiro atoms. The van der Waals surface area contributed by atoms with Gasteiger partial charge in [0.05, 0.1) is 20.0 Å². The van der Waals surface area contributed by atoms with Crippen molar-refractivity contribution in [1.29, 1.82) is 0 Å². The lowest BCUT2D eigenvalue weighted by Gasteiger charge is -2.27. The van der Waals surface area contributed by atoms with E-state index in [9.17, 15) is 19.2 Å². The van der Waals surface area contributed by atoms with Crippen LogP contribution in [0.3, 0.4) is 0 Å². The monoisotopic (exact) mass is 782 g/mol. The van der Waals surface area contributed by atoms with E-state index in [1.54, 1.807) is 0 Å². The van der Waals surface area contributed by atoms with Crippen LogP contribution in [0, 0.1) is 13.8 Å². The largest absolute Gasteiger partial charge is 0.469 e. The van der Waals surface area contributed by atoms with Gasteiger partial charge >= 0.3 is 5.97 Å². The first-order valence-corrected chi connectivity index (χ1v) is 19.8. The van der Waals surface area contributed by atoms with E-state index < -0.39 is 0 Å². The maximum Gasteiger partial charge on any atom is 0.311 e. The molecule has 13 heteroatoms. The van der Waals surface area contributed by atoms with Crippen molar-refractivity contribution in [3.63, 3.8) is 0 Å². The third-order valence-corrected chi connectivity index (χ3v) is 10.9. The minimum atomic E-state index is -0.362. The Morgan fingerprint density at radius 2 is 1.17 bits per heavy atom. The van der Waals surface area contributed by atoms with Gasteiger partial charge < -0.3 is 34.6 Å². The normalized spacial score (nSPS) is 15.1. The second-order valence-electron chi connectivity index (χ2n) is 15.3. The van der Waals surface area contributed by atoms with Gasteiger partial charge in [-0.05, 0) is 121 Å². The number of carbonyl (C=O) groups excluding carboxylic acids is 4. The third kappa shape index (κ3) is 8.79. The summed E-state index contributed by atoms with van der Waals surface area (Å²) in [6.07, 6.45) is 4.54. The Balaban J connectivity index is 0.000000164. The van der Waals surface area contributed by atoms with E-state index in [0.717, 1.165) is 96.0 Å². The Labute approximate surface area is 335 Å². The molecule has 6 aromatic rings. The van der Waals surface area contributed by atoms with E-state index in [2.05, 4.69) is 26.3 Å². The minimum absolute atomic E-state index is 0.0294. The second-order valence-corrected chi connectivity index (χ2v) is 15.3. The molecular formula is C45H46N6O7. The summed E-state index contributed by atoms with van der Waals surface area (Å²) < 4.78 is 15.7. The lowest BCUT2D eigenvalue weighted by molar-refractivity contribution is -0.139. The number of aromatic nitrogens is 2. The molecule has 2 aromatic heterocycles. The van der Waals surface area contributed by atoms with E-state index in [1.165, 1.54) is 7.11 Å². The van der Waals surface area contributed by atoms with E-state index in [4.69, 9.17) is 13.8 Å². The van der Waals surface area contributed by atoms with Crippen molar-refractivity contribution in [2.75, 3.05) is 33.3 Å². The highest BCUT2D eigenvalue weighted by atomic mass is 16.5. The van der Waals surface area contributed by atoms with Crippen LogP contribution in [-0.4, -0.2) is 84.3 Å². The Kier molecular flexibility index (Phi) is 11.1. The van der Waals surface area contributed by atoms with Gasteiger partial charge in [0, 0.05) is 60.2 Å². The summed E-state index contributed by atoms with van der Waals surface area (Å²) in [5.74, 6) is -0.358. The van der Waals surface area contributed by atoms with Gasteiger partial charge in [0.1, 0.15) is 11.4 Å². The number of ether oxygens (including phenoxy) is 1. The molecule has 58 heavy (non-hydrogen) atoms. The Hall–Kier alpha value is -6.34. The maximum atomic E-state index is 12.6. The molecule has 13 nitrogen and oxygen atoms in total. The Bertz CT molecular complexity index is 2530. The first-order valence-electron chi connectivity index (χ1n) is 19.8. The molecule has 2 saturated carbocycles. The zero-order chi connectivity index (χ0) is 40.3. The van der Waals surface area contributed by atoms with E-state index in [1.807, 2.05) is 91.5 Å². The molecule has 0 unspecified atom stereocenters. The van der Waals surface area contributed by atoms with Crippen LogP contribution in [0.4, 0.5) is 0 Å². The number of nitrogens with one attached hydrogen (secondary N) is 3. The number of hydrogen-bond acceptors (Lipinski definition) is 10. The number of esters is 1. The first-order chi connectivity index (χ1) is 28.1. The molecule has 0 radical (unpaired) electrons. The van der Waals surface area contributed by atoms with Crippen LogP contribution in [0.1, 0.15) is 68.9 Å². The fourth-order valence-corrected chi connectivity index (χ4v) is 7.09. The molecule has 3 fully saturated rings. The quantitative estimate of drug-likeness (QED) is 0.139. The van der Waals surface area contributed by atoms with Gasteiger partial charge in [-0.15, -0.1) is 0 Å². The van der Waals surface area contributed by atoms with Gasteiger partial charge in [-0.2, -0.15) is 0 Å². The average Bonchev–Trinajstić information content (AvgIpc) is 4.17. The SMILES string of the molecule is COC(=O)Cc1noc2cc(-c3cc(C(=O)NC4CC4)ccc3C)ccc12.Cc1ccc(C(=O)NC2CC2)cc1-c1ccc2c(CC(=O)N3CCNCC3)noc2c1. The fraction of sp³-hybridized carbons (Fsp3) is 0.333. The molecule has 3 amide bonds. The summed E-state index contributed by atoms with van der Waals surface area (Å²) in [7, 11) is 1.35. The van der Waals surface area contributed by atoms with Crippen molar-refractivity contribution in [2.45, 2.75) is 64.5 Å². The van der Waals surface area contributed by atoms with E-state index >= 15 is 0 Å². The Morgan fingerprint density at radius 3 is 1.64 bits per heavy atom. The van der Waals surface area contributed by atoms with Crippen LogP contribution in [-0.2, 0) is 27.2 Å². The topological polar surface area (TPSA) is 169 Å². The Morgan fingerprint density at radius 1 is 0.690 bits per heavy atom.